The van der Waals surface area contributed by atoms with E-state index >= 15 is 0 Å². The Labute approximate surface area is 193 Å². The Balaban J connectivity index is 0.000000202. The fourth-order valence-electron chi connectivity index (χ4n) is 3.43. The zero-order valence-electron chi connectivity index (χ0n) is 18.6. The second-order valence-electron chi connectivity index (χ2n) is 7.21. The van der Waals surface area contributed by atoms with Crippen molar-refractivity contribution in [3.8, 4) is 5.75 Å². The van der Waals surface area contributed by atoms with Gasteiger partial charge in [-0.2, -0.15) is 5.10 Å². The first-order valence-electron chi connectivity index (χ1n) is 10.0. The molecule has 0 amide bonds. The SMILES string of the molecule is COC(=O)c1cc(C(=O)O)n2ncc(OC(C)=O)c2n1.COC(=O)c1ccc2c(c1)CC[C@@H]2N. The van der Waals surface area contributed by atoms with Gasteiger partial charge in [0.25, 0.3) is 0 Å². The van der Waals surface area contributed by atoms with Gasteiger partial charge in [-0.1, -0.05) is 6.07 Å². The molecule has 2 heterocycles. The molecule has 34 heavy (non-hydrogen) atoms. The van der Waals surface area contributed by atoms with Gasteiger partial charge in [0, 0.05) is 19.0 Å². The van der Waals surface area contributed by atoms with Crippen LogP contribution in [0.15, 0.2) is 30.5 Å². The molecule has 0 fully saturated rings. The molecule has 4 rings (SSSR count). The Morgan fingerprint density at radius 1 is 1.12 bits per heavy atom. The van der Waals surface area contributed by atoms with Crippen molar-refractivity contribution in [2.24, 2.45) is 5.73 Å². The lowest BCUT2D eigenvalue weighted by atomic mass is 10.1. The Morgan fingerprint density at radius 3 is 2.44 bits per heavy atom. The van der Waals surface area contributed by atoms with Gasteiger partial charge in [-0.15, -0.1) is 0 Å². The van der Waals surface area contributed by atoms with Crippen molar-refractivity contribution in [1.82, 2.24) is 14.6 Å². The van der Waals surface area contributed by atoms with Crippen LogP contribution in [0.2, 0.25) is 0 Å². The van der Waals surface area contributed by atoms with E-state index in [1.54, 1.807) is 6.07 Å². The summed E-state index contributed by atoms with van der Waals surface area (Å²) in [6.07, 6.45) is 3.07. The first kappa shape index (κ1) is 24.3. The number of carboxylic acid groups (broad SMARTS) is 1. The smallest absolute Gasteiger partial charge is 0.356 e. The third kappa shape index (κ3) is 5.02. The topological polar surface area (TPSA) is 172 Å². The molecule has 0 bridgehead atoms. The number of hydrogen-bond donors (Lipinski definition) is 2. The van der Waals surface area contributed by atoms with E-state index in [2.05, 4.69) is 19.6 Å². The van der Waals surface area contributed by atoms with Crippen molar-refractivity contribution in [2.75, 3.05) is 14.2 Å². The highest BCUT2D eigenvalue weighted by molar-refractivity contribution is 5.93. The zero-order valence-corrected chi connectivity index (χ0v) is 18.6. The Hall–Kier alpha value is -4.32. The number of carbonyl (C=O) groups is 4. The molecule has 0 aliphatic heterocycles. The molecule has 3 aromatic rings. The van der Waals surface area contributed by atoms with Crippen LogP contribution < -0.4 is 10.5 Å². The van der Waals surface area contributed by atoms with Crippen molar-refractivity contribution >= 4 is 29.5 Å². The number of fused-ring (bicyclic) bond motifs is 2. The minimum absolute atomic E-state index is 0.0502. The fraction of sp³-hybridized carbons (Fsp3) is 0.273. The van der Waals surface area contributed by atoms with Crippen molar-refractivity contribution < 1.29 is 38.5 Å². The second-order valence-corrected chi connectivity index (χ2v) is 7.21. The second kappa shape index (κ2) is 10.1. The van der Waals surface area contributed by atoms with Gasteiger partial charge in [0.15, 0.2) is 22.8 Å². The van der Waals surface area contributed by atoms with Gasteiger partial charge in [-0.05, 0) is 36.1 Å². The lowest BCUT2D eigenvalue weighted by Gasteiger charge is -2.05. The molecule has 1 aromatic carbocycles. The lowest BCUT2D eigenvalue weighted by Crippen LogP contribution is -2.13. The maximum atomic E-state index is 11.5. The minimum Gasteiger partial charge on any atom is -0.477 e. The number of aryl methyl sites for hydroxylation is 1. The monoisotopic (exact) mass is 470 g/mol. The highest BCUT2D eigenvalue weighted by Crippen LogP contribution is 2.29. The largest absolute Gasteiger partial charge is 0.477 e. The summed E-state index contributed by atoms with van der Waals surface area (Å²) in [6.45, 7) is 1.17. The minimum atomic E-state index is -1.32. The van der Waals surface area contributed by atoms with Crippen LogP contribution in [-0.4, -0.2) is 57.8 Å². The Morgan fingerprint density at radius 2 is 1.82 bits per heavy atom. The Kier molecular flexibility index (Phi) is 7.21. The van der Waals surface area contributed by atoms with Crippen molar-refractivity contribution in [3.63, 3.8) is 0 Å². The number of esters is 3. The molecule has 12 heteroatoms. The van der Waals surface area contributed by atoms with Crippen LogP contribution in [0.5, 0.6) is 5.75 Å². The summed E-state index contributed by atoms with van der Waals surface area (Å²) in [5, 5.41) is 12.9. The number of nitrogens with two attached hydrogens (primary N) is 1. The van der Waals surface area contributed by atoms with Crippen LogP contribution in [0.3, 0.4) is 0 Å². The summed E-state index contributed by atoms with van der Waals surface area (Å²) in [6, 6.07) is 6.74. The summed E-state index contributed by atoms with van der Waals surface area (Å²) in [5.41, 5.74) is 8.24. The van der Waals surface area contributed by atoms with E-state index in [4.69, 9.17) is 15.6 Å². The average Bonchev–Trinajstić information content (AvgIpc) is 3.40. The first-order valence-corrected chi connectivity index (χ1v) is 10.0. The summed E-state index contributed by atoms with van der Waals surface area (Å²) in [4.78, 5) is 48.7. The highest BCUT2D eigenvalue weighted by Gasteiger charge is 2.21. The number of benzene rings is 1. The van der Waals surface area contributed by atoms with E-state index in [-0.39, 0.29) is 34.8 Å². The van der Waals surface area contributed by atoms with Crippen LogP contribution in [0.4, 0.5) is 0 Å². The van der Waals surface area contributed by atoms with Gasteiger partial charge in [-0.3, -0.25) is 4.79 Å². The Bertz CT molecular complexity index is 1280. The first-order chi connectivity index (χ1) is 16.2. The highest BCUT2D eigenvalue weighted by atomic mass is 16.5. The number of rotatable bonds is 4. The maximum Gasteiger partial charge on any atom is 0.356 e. The van der Waals surface area contributed by atoms with Gasteiger partial charge >= 0.3 is 23.9 Å². The van der Waals surface area contributed by atoms with E-state index in [1.165, 1.54) is 19.6 Å². The molecule has 178 valence electrons. The number of hydrogen-bond acceptors (Lipinski definition) is 10. The summed E-state index contributed by atoms with van der Waals surface area (Å²) in [5.74, 6) is -3.09. The van der Waals surface area contributed by atoms with E-state index in [0.717, 1.165) is 42.3 Å². The van der Waals surface area contributed by atoms with E-state index in [1.807, 2.05) is 12.1 Å². The number of carboxylic acids is 1. The molecular weight excluding hydrogens is 448 g/mol. The summed E-state index contributed by atoms with van der Waals surface area (Å²) < 4.78 is 14.9. The lowest BCUT2D eigenvalue weighted by molar-refractivity contribution is -0.131. The predicted molar refractivity (Wildman–Crippen MR) is 116 cm³/mol. The third-order valence-corrected chi connectivity index (χ3v) is 5.00. The van der Waals surface area contributed by atoms with Crippen LogP contribution in [0.25, 0.3) is 5.65 Å². The standard InChI is InChI=1S/C11H9N3O6.C11H13NO2/c1-5(15)20-8-4-12-14-7(10(16)17)3-6(11(18)19-2)13-9(8)14;1-14-11(13)8-2-4-9-7(6-8)3-5-10(9)12/h3-4H,1-2H3,(H,16,17);2,4,6,10H,3,5,12H2,1H3/t;10-/m.0/s1. The van der Waals surface area contributed by atoms with Crippen molar-refractivity contribution in [1.29, 1.82) is 0 Å². The van der Waals surface area contributed by atoms with Crippen LogP contribution in [0.1, 0.15) is 61.8 Å². The predicted octanol–water partition coefficient (Wildman–Crippen LogP) is 1.56. The van der Waals surface area contributed by atoms with E-state index < -0.39 is 17.9 Å². The number of aromatic carboxylic acids is 1. The average molecular weight is 470 g/mol. The molecule has 12 nitrogen and oxygen atoms in total. The van der Waals surface area contributed by atoms with Gasteiger partial charge in [0.05, 0.1) is 26.0 Å². The fourth-order valence-corrected chi connectivity index (χ4v) is 3.43. The van der Waals surface area contributed by atoms with Gasteiger partial charge in [0.2, 0.25) is 0 Å². The summed E-state index contributed by atoms with van der Waals surface area (Å²) in [7, 11) is 2.53. The molecule has 1 aliphatic rings. The number of ether oxygens (including phenoxy) is 3. The van der Waals surface area contributed by atoms with Crippen LogP contribution in [0, 0.1) is 0 Å². The molecular formula is C22H22N4O8. The van der Waals surface area contributed by atoms with Crippen LogP contribution in [-0.2, 0) is 20.7 Å². The summed E-state index contributed by atoms with van der Waals surface area (Å²) >= 11 is 0. The maximum absolute atomic E-state index is 11.5. The molecule has 0 saturated heterocycles. The van der Waals surface area contributed by atoms with Gasteiger partial charge in [-0.25, -0.2) is 23.9 Å². The van der Waals surface area contributed by atoms with Crippen molar-refractivity contribution in [2.45, 2.75) is 25.8 Å². The van der Waals surface area contributed by atoms with Gasteiger partial charge in [0.1, 0.15) is 0 Å². The number of aromatic nitrogens is 3. The van der Waals surface area contributed by atoms with E-state index in [9.17, 15) is 19.2 Å². The molecule has 0 spiro atoms. The molecule has 1 aliphatic carbocycles. The number of methoxy groups -OCH3 is 2. The van der Waals surface area contributed by atoms with E-state index in [0.29, 0.717) is 5.56 Å². The van der Waals surface area contributed by atoms with Gasteiger partial charge < -0.3 is 25.1 Å². The normalized spacial score (nSPS) is 13.9. The number of nitrogens with zero attached hydrogens (tertiary/aromatic N) is 3. The quantitative estimate of drug-likeness (QED) is 0.530. The zero-order chi connectivity index (χ0) is 25.0. The molecule has 3 N–H and O–H groups in total. The molecule has 0 radical (unpaired) electrons. The molecule has 2 aromatic heterocycles. The number of carbonyl (C=O) groups excluding carboxylic acids is 3. The van der Waals surface area contributed by atoms with Crippen LogP contribution >= 0.6 is 0 Å². The third-order valence-electron chi connectivity index (χ3n) is 5.00. The van der Waals surface area contributed by atoms with Crippen molar-refractivity contribution in [3.05, 3.63) is 58.5 Å². The molecule has 1 atom stereocenters. The molecule has 0 unspecified atom stereocenters. The molecule has 0 saturated carbocycles.